The summed E-state index contributed by atoms with van der Waals surface area (Å²) in [6.45, 7) is 8.82. The van der Waals surface area contributed by atoms with Crippen molar-refractivity contribution in [3.63, 3.8) is 0 Å². The Balaban J connectivity index is 3.35. The maximum atomic E-state index is 12.0. The van der Waals surface area contributed by atoms with Crippen molar-refractivity contribution in [3.8, 4) is 0 Å². The molecule has 0 amide bonds. The van der Waals surface area contributed by atoms with Crippen LogP contribution in [0.5, 0.6) is 0 Å². The van der Waals surface area contributed by atoms with Crippen molar-refractivity contribution >= 4 is 29.8 Å². The van der Waals surface area contributed by atoms with Gasteiger partial charge in [0.1, 0.15) is 12.7 Å². The first-order valence-electron chi connectivity index (χ1n) is 8.59. The van der Waals surface area contributed by atoms with Gasteiger partial charge >= 0.3 is 29.8 Å². The summed E-state index contributed by atoms with van der Waals surface area (Å²) in [6, 6.07) is 0. The Morgan fingerprint density at radius 3 is 1.66 bits per heavy atom. The van der Waals surface area contributed by atoms with Gasteiger partial charge in [0.05, 0.1) is 0 Å². The van der Waals surface area contributed by atoms with Crippen LogP contribution in [0.2, 0.25) is 0 Å². The number of carbonyl (C=O) groups is 5. The summed E-state index contributed by atoms with van der Waals surface area (Å²) in [4.78, 5) is 58.0. The lowest BCUT2D eigenvalue weighted by molar-refractivity contribution is -0.299. The maximum absolute atomic E-state index is 12.0. The topological polar surface area (TPSA) is 141 Å². The van der Waals surface area contributed by atoms with E-state index in [-0.39, 0.29) is 5.57 Å². The van der Waals surface area contributed by atoms with E-state index in [0.29, 0.717) is 0 Å². The fourth-order valence-corrected chi connectivity index (χ4v) is 2.49. The maximum Gasteiger partial charge on any atom is 0.335 e. The molecule has 0 unspecified atom stereocenters. The minimum atomic E-state index is -1.56. The van der Waals surface area contributed by atoms with Crippen LogP contribution < -0.4 is 0 Å². The van der Waals surface area contributed by atoms with E-state index in [2.05, 4.69) is 6.58 Å². The second-order valence-corrected chi connectivity index (χ2v) is 6.25. The van der Waals surface area contributed by atoms with Crippen molar-refractivity contribution in [2.45, 2.75) is 65.3 Å². The summed E-state index contributed by atoms with van der Waals surface area (Å²) in [5.74, 6) is -3.88. The van der Waals surface area contributed by atoms with Crippen molar-refractivity contribution in [2.75, 3.05) is 6.61 Å². The van der Waals surface area contributed by atoms with Crippen LogP contribution in [0.15, 0.2) is 12.2 Å². The number of esters is 5. The monoisotopic (exact) mass is 416 g/mol. The lowest BCUT2D eigenvalue weighted by atomic mass is 9.98. The molecule has 0 aliphatic carbocycles. The van der Waals surface area contributed by atoms with E-state index < -0.39 is 67.2 Å². The first kappa shape index (κ1) is 24.1. The van der Waals surface area contributed by atoms with Crippen LogP contribution in [0.1, 0.15) is 34.6 Å². The molecule has 1 rings (SSSR count). The average molecular weight is 416 g/mol. The molecule has 1 aliphatic rings. The summed E-state index contributed by atoms with van der Waals surface area (Å²) in [7, 11) is 0. The van der Waals surface area contributed by atoms with E-state index in [1.807, 2.05) is 0 Å². The molecular weight excluding hydrogens is 392 g/mol. The minimum Gasteiger partial charge on any atom is -0.463 e. The number of ether oxygens (including phenoxy) is 6. The van der Waals surface area contributed by atoms with E-state index in [4.69, 9.17) is 28.4 Å². The molecule has 5 atom stereocenters. The smallest absolute Gasteiger partial charge is 0.335 e. The van der Waals surface area contributed by atoms with Gasteiger partial charge in [0.2, 0.25) is 12.4 Å². The van der Waals surface area contributed by atoms with Crippen LogP contribution in [0.3, 0.4) is 0 Å². The molecule has 162 valence electrons. The summed E-state index contributed by atoms with van der Waals surface area (Å²) in [6.07, 6.45) is -6.93. The van der Waals surface area contributed by atoms with Crippen LogP contribution >= 0.6 is 0 Å². The van der Waals surface area contributed by atoms with Gasteiger partial charge in [0.15, 0.2) is 12.2 Å². The van der Waals surface area contributed by atoms with Crippen molar-refractivity contribution < 1.29 is 52.4 Å². The summed E-state index contributed by atoms with van der Waals surface area (Å²) in [5.41, 5.74) is 0.0258. The van der Waals surface area contributed by atoms with E-state index in [9.17, 15) is 24.0 Å². The van der Waals surface area contributed by atoms with Gasteiger partial charge in [-0.2, -0.15) is 0 Å². The Hall–Kier alpha value is -2.95. The number of hydrogen-bond acceptors (Lipinski definition) is 11. The van der Waals surface area contributed by atoms with Gasteiger partial charge in [-0.05, 0) is 6.92 Å². The number of hydrogen-bond donors (Lipinski definition) is 0. The Bertz CT molecular complexity index is 683. The second-order valence-electron chi connectivity index (χ2n) is 6.25. The Kier molecular flexibility index (Phi) is 8.77. The zero-order valence-electron chi connectivity index (χ0n) is 16.8. The lowest BCUT2D eigenvalue weighted by Crippen LogP contribution is -2.63. The van der Waals surface area contributed by atoms with Crippen LogP contribution in [-0.4, -0.2) is 67.2 Å². The zero-order valence-corrected chi connectivity index (χ0v) is 16.8. The van der Waals surface area contributed by atoms with Gasteiger partial charge in [0, 0.05) is 33.3 Å². The molecule has 0 spiro atoms. The fourth-order valence-electron chi connectivity index (χ4n) is 2.49. The van der Waals surface area contributed by atoms with E-state index >= 15 is 0 Å². The van der Waals surface area contributed by atoms with Crippen LogP contribution in [0.4, 0.5) is 0 Å². The molecule has 0 aromatic carbocycles. The Morgan fingerprint density at radius 2 is 1.21 bits per heavy atom. The van der Waals surface area contributed by atoms with Crippen molar-refractivity contribution in [1.29, 1.82) is 0 Å². The molecule has 0 aromatic heterocycles. The summed E-state index contributed by atoms with van der Waals surface area (Å²) >= 11 is 0. The third-order valence-corrected chi connectivity index (χ3v) is 3.52. The van der Waals surface area contributed by atoms with Crippen LogP contribution in [-0.2, 0) is 52.4 Å². The molecule has 11 nitrogen and oxygen atoms in total. The fraction of sp³-hybridized carbons (Fsp3) is 0.611. The normalized spacial score (nSPS) is 25.9. The Labute approximate surface area is 167 Å². The highest BCUT2D eigenvalue weighted by molar-refractivity contribution is 5.87. The molecule has 29 heavy (non-hydrogen) atoms. The molecule has 0 aromatic rings. The van der Waals surface area contributed by atoms with Gasteiger partial charge in [-0.3, -0.25) is 19.2 Å². The SMILES string of the molecule is C=C(C)C(=O)O[C@@H]1O[C@H](COC(C)=O)[C@@H](OC(C)=O)[C@H](OC(C)=O)[C@H]1OC(C)=O. The van der Waals surface area contributed by atoms with Crippen LogP contribution in [0, 0.1) is 0 Å². The van der Waals surface area contributed by atoms with Gasteiger partial charge in [-0.1, -0.05) is 6.58 Å². The molecule has 1 fully saturated rings. The van der Waals surface area contributed by atoms with Crippen LogP contribution in [0.25, 0.3) is 0 Å². The molecule has 1 heterocycles. The van der Waals surface area contributed by atoms with E-state index in [1.165, 1.54) is 6.92 Å². The first-order valence-corrected chi connectivity index (χ1v) is 8.59. The molecular formula is C18H24O11. The lowest BCUT2D eigenvalue weighted by Gasteiger charge is -2.43. The highest BCUT2D eigenvalue weighted by Gasteiger charge is 2.53. The standard InChI is InChI=1S/C18H24O11/c1-8(2)17(23)29-18-16(27-12(6)22)15(26-11(5)21)14(25-10(4)20)13(28-18)7-24-9(3)19/h13-16,18H,1,7H2,2-6H3/t13-,14-,15+,16-,18+/m1/s1. The van der Waals surface area contributed by atoms with Crippen molar-refractivity contribution in [1.82, 2.24) is 0 Å². The Morgan fingerprint density at radius 1 is 0.724 bits per heavy atom. The molecule has 0 bridgehead atoms. The average Bonchev–Trinajstić information content (AvgIpc) is 2.56. The molecule has 1 aliphatic heterocycles. The van der Waals surface area contributed by atoms with E-state index in [1.54, 1.807) is 0 Å². The third kappa shape index (κ3) is 7.53. The minimum absolute atomic E-state index is 0.0258. The van der Waals surface area contributed by atoms with Crippen molar-refractivity contribution in [2.24, 2.45) is 0 Å². The molecule has 0 saturated carbocycles. The largest absolute Gasteiger partial charge is 0.463 e. The first-order chi connectivity index (χ1) is 13.4. The predicted octanol–water partition coefficient (Wildman–Crippen LogP) is 0.189. The summed E-state index contributed by atoms with van der Waals surface area (Å²) < 4.78 is 31.2. The summed E-state index contributed by atoms with van der Waals surface area (Å²) in [5, 5.41) is 0. The highest BCUT2D eigenvalue weighted by atomic mass is 16.7. The van der Waals surface area contributed by atoms with Gasteiger partial charge < -0.3 is 28.4 Å². The quantitative estimate of drug-likeness (QED) is 0.319. The zero-order chi connectivity index (χ0) is 22.3. The van der Waals surface area contributed by atoms with E-state index in [0.717, 1.165) is 27.7 Å². The number of rotatable bonds is 7. The van der Waals surface area contributed by atoms with Gasteiger partial charge in [0.25, 0.3) is 0 Å². The number of carbonyl (C=O) groups excluding carboxylic acids is 5. The molecule has 11 heteroatoms. The van der Waals surface area contributed by atoms with Crippen molar-refractivity contribution in [3.05, 3.63) is 12.2 Å². The highest BCUT2D eigenvalue weighted by Crippen LogP contribution is 2.30. The van der Waals surface area contributed by atoms with Gasteiger partial charge in [-0.25, -0.2) is 4.79 Å². The molecule has 0 radical (unpaired) electrons. The van der Waals surface area contributed by atoms with Gasteiger partial charge in [-0.15, -0.1) is 0 Å². The molecule has 0 N–H and O–H groups in total. The predicted molar refractivity (Wildman–Crippen MR) is 92.9 cm³/mol. The third-order valence-electron chi connectivity index (χ3n) is 3.52. The second kappa shape index (κ2) is 10.6. The molecule has 1 saturated heterocycles.